The van der Waals surface area contributed by atoms with Crippen LogP contribution < -0.4 is 0 Å². The fraction of sp³-hybridized carbons (Fsp3) is 0.217. The molecule has 6 aromatic rings. The molecule has 8 atom stereocenters. The molecular formula is C46H36O4. The first-order valence-corrected chi connectivity index (χ1v) is 17.9. The Hall–Kier alpha value is -4.84. The number of hydrogen-bond acceptors (Lipinski definition) is 4. The van der Waals surface area contributed by atoms with Gasteiger partial charge in [0.2, 0.25) is 0 Å². The molecule has 1 saturated carbocycles. The third-order valence-electron chi connectivity index (χ3n) is 12.5. The summed E-state index contributed by atoms with van der Waals surface area (Å²) in [7, 11) is 0. The minimum absolute atomic E-state index is 0.249. The van der Waals surface area contributed by atoms with Crippen LogP contribution in [0.15, 0.2) is 146 Å². The maximum Gasteiger partial charge on any atom is 0.0901 e. The lowest BCUT2D eigenvalue weighted by Gasteiger charge is -2.49. The van der Waals surface area contributed by atoms with Crippen LogP contribution in [0.4, 0.5) is 0 Å². The van der Waals surface area contributed by atoms with Crippen LogP contribution in [-0.2, 0) is 9.47 Å². The molecule has 4 aliphatic heterocycles. The molecule has 244 valence electrons. The molecular weight excluding hydrogens is 617 g/mol. The first-order valence-electron chi connectivity index (χ1n) is 17.9. The van der Waals surface area contributed by atoms with Crippen molar-refractivity contribution in [3.05, 3.63) is 168 Å². The third-order valence-corrected chi connectivity index (χ3v) is 12.5. The Labute approximate surface area is 291 Å². The van der Waals surface area contributed by atoms with Crippen molar-refractivity contribution in [2.45, 2.75) is 36.6 Å². The lowest BCUT2D eigenvalue weighted by molar-refractivity contribution is -0.117. The average Bonchev–Trinajstić information content (AvgIpc) is 3.97. The molecule has 0 unspecified atom stereocenters. The van der Waals surface area contributed by atoms with Crippen molar-refractivity contribution in [2.24, 2.45) is 23.7 Å². The van der Waals surface area contributed by atoms with Crippen molar-refractivity contribution in [1.82, 2.24) is 0 Å². The summed E-state index contributed by atoms with van der Waals surface area (Å²) in [6.45, 7) is 0. The van der Waals surface area contributed by atoms with E-state index in [1.807, 2.05) is 24.3 Å². The Kier molecular flexibility index (Phi) is 6.27. The van der Waals surface area contributed by atoms with Crippen LogP contribution in [0, 0.1) is 23.7 Å². The van der Waals surface area contributed by atoms with Gasteiger partial charge in [-0.1, -0.05) is 146 Å². The highest BCUT2D eigenvalue weighted by Crippen LogP contribution is 2.72. The van der Waals surface area contributed by atoms with Gasteiger partial charge in [0, 0.05) is 23.7 Å². The Bertz CT molecular complexity index is 1930. The van der Waals surface area contributed by atoms with E-state index in [-0.39, 0.29) is 48.1 Å². The van der Waals surface area contributed by atoms with Gasteiger partial charge in [-0.2, -0.15) is 0 Å². The number of ether oxygens (including phenoxy) is 2. The van der Waals surface area contributed by atoms with Crippen LogP contribution in [0.3, 0.4) is 0 Å². The Morgan fingerprint density at radius 1 is 0.300 bits per heavy atom. The van der Waals surface area contributed by atoms with Crippen molar-refractivity contribution >= 4 is 0 Å². The third kappa shape index (κ3) is 3.85. The standard InChI is InChI=1S/C46H36O4/c47-41-37-38(44-34-30(26-15-7-2-8-16-26)22-21-29(33(34)43(37)49-44)25-13-5-1-6-14-25)42(48)40-39(41)45-35-31(27-17-9-3-10-18-27)23-24-32(36(35)46(40)50-45)28-19-11-4-12-20-28/h1-24,37-48H/t37-,38+,39-,40+,41?,42?,43-,44+,45-,46+. The van der Waals surface area contributed by atoms with Gasteiger partial charge in [0.15, 0.2) is 0 Å². The second kappa shape index (κ2) is 10.8. The van der Waals surface area contributed by atoms with Crippen molar-refractivity contribution in [3.63, 3.8) is 0 Å². The predicted molar refractivity (Wildman–Crippen MR) is 194 cm³/mol. The summed E-state index contributed by atoms with van der Waals surface area (Å²) in [5.41, 5.74) is 13.8. The maximum absolute atomic E-state index is 12.7. The van der Waals surface area contributed by atoms with Crippen LogP contribution in [0.2, 0.25) is 0 Å². The molecule has 4 bridgehead atoms. The molecule has 4 heterocycles. The smallest absolute Gasteiger partial charge is 0.0901 e. The molecule has 1 aliphatic carbocycles. The number of aliphatic hydroxyl groups is 2. The number of hydrogen-bond donors (Lipinski definition) is 2. The second-order valence-corrected chi connectivity index (χ2v) is 14.7. The first-order chi connectivity index (χ1) is 24.7. The summed E-state index contributed by atoms with van der Waals surface area (Å²) in [5, 5.41) is 25.4. The molecule has 5 aliphatic rings. The SMILES string of the molecule is OC1[C@@H]2[C@H](C(O)[C@H]3[C@@H]1[C@H]1O[C@@H]3c3c(-c4ccccc4)ccc(-c4ccccc4)c31)[C@@H]1O[C@H]2c2c(-c3ccccc3)ccc(-c3ccccc3)c21. The van der Waals surface area contributed by atoms with E-state index in [9.17, 15) is 10.2 Å². The van der Waals surface area contributed by atoms with E-state index < -0.39 is 12.2 Å². The second-order valence-electron chi connectivity index (χ2n) is 14.7. The highest BCUT2D eigenvalue weighted by molar-refractivity contribution is 5.82. The number of fused-ring (bicyclic) bond motifs is 16. The van der Waals surface area contributed by atoms with Crippen LogP contribution in [0.5, 0.6) is 0 Å². The number of aliphatic hydroxyl groups excluding tert-OH is 2. The molecule has 6 aromatic carbocycles. The fourth-order valence-electron chi connectivity index (χ4n) is 10.6. The molecule has 0 radical (unpaired) electrons. The van der Waals surface area contributed by atoms with E-state index in [2.05, 4.69) is 121 Å². The van der Waals surface area contributed by atoms with E-state index in [0.29, 0.717) is 0 Å². The summed E-state index contributed by atoms with van der Waals surface area (Å²) in [5.74, 6) is -0.996. The first kappa shape index (κ1) is 28.9. The lowest BCUT2D eigenvalue weighted by atomic mass is 9.54. The van der Waals surface area contributed by atoms with Crippen LogP contribution in [-0.4, -0.2) is 22.4 Å². The Morgan fingerprint density at radius 3 is 0.740 bits per heavy atom. The minimum atomic E-state index is -0.701. The molecule has 0 spiro atoms. The normalized spacial score (nSPS) is 30.8. The zero-order chi connectivity index (χ0) is 33.1. The molecule has 4 nitrogen and oxygen atoms in total. The summed E-state index contributed by atoms with van der Waals surface area (Å²) in [6, 6.07) is 50.9. The van der Waals surface area contributed by atoms with E-state index in [0.717, 1.165) is 66.8 Å². The number of benzene rings is 6. The Balaban J connectivity index is 1.08. The minimum Gasteiger partial charge on any atom is -0.392 e. The maximum atomic E-state index is 12.7. The fourth-order valence-corrected chi connectivity index (χ4v) is 10.6. The highest BCUT2D eigenvalue weighted by atomic mass is 16.5. The molecule has 2 N–H and O–H groups in total. The van der Waals surface area contributed by atoms with E-state index in [1.54, 1.807) is 0 Å². The van der Waals surface area contributed by atoms with Gasteiger partial charge in [-0.25, -0.2) is 0 Å². The van der Waals surface area contributed by atoms with Crippen molar-refractivity contribution in [3.8, 4) is 44.5 Å². The van der Waals surface area contributed by atoms with E-state index in [4.69, 9.17) is 9.47 Å². The molecule has 11 rings (SSSR count). The summed E-state index contributed by atoms with van der Waals surface area (Å²) < 4.78 is 14.0. The quantitative estimate of drug-likeness (QED) is 0.199. The average molecular weight is 653 g/mol. The number of rotatable bonds is 4. The molecule has 0 amide bonds. The monoisotopic (exact) mass is 652 g/mol. The van der Waals surface area contributed by atoms with Gasteiger partial charge < -0.3 is 19.7 Å². The molecule has 0 aromatic heterocycles. The zero-order valence-electron chi connectivity index (χ0n) is 27.3. The van der Waals surface area contributed by atoms with Gasteiger partial charge in [-0.05, 0) is 66.8 Å². The molecule has 2 saturated heterocycles. The molecule has 4 heteroatoms. The van der Waals surface area contributed by atoms with Gasteiger partial charge >= 0.3 is 0 Å². The Morgan fingerprint density at radius 2 is 0.520 bits per heavy atom. The summed E-state index contributed by atoms with van der Waals surface area (Å²) in [6.07, 6.45) is -2.71. The van der Waals surface area contributed by atoms with Crippen molar-refractivity contribution in [2.75, 3.05) is 0 Å². The molecule has 3 fully saturated rings. The van der Waals surface area contributed by atoms with E-state index >= 15 is 0 Å². The zero-order valence-corrected chi connectivity index (χ0v) is 27.3. The predicted octanol–water partition coefficient (Wildman–Crippen LogP) is 9.51. The molecule has 50 heavy (non-hydrogen) atoms. The van der Waals surface area contributed by atoms with Crippen LogP contribution >= 0.6 is 0 Å². The van der Waals surface area contributed by atoms with Gasteiger partial charge in [-0.15, -0.1) is 0 Å². The van der Waals surface area contributed by atoms with Crippen LogP contribution in [0.1, 0.15) is 46.7 Å². The van der Waals surface area contributed by atoms with E-state index in [1.165, 1.54) is 0 Å². The highest BCUT2D eigenvalue weighted by Gasteiger charge is 2.70. The van der Waals surface area contributed by atoms with Crippen LogP contribution in [0.25, 0.3) is 44.5 Å². The topological polar surface area (TPSA) is 58.9 Å². The lowest BCUT2D eigenvalue weighted by Crippen LogP contribution is -2.55. The summed E-state index contributed by atoms with van der Waals surface area (Å²) >= 11 is 0. The van der Waals surface area contributed by atoms with Crippen molar-refractivity contribution in [1.29, 1.82) is 0 Å². The van der Waals surface area contributed by atoms with Gasteiger partial charge in [0.1, 0.15) is 0 Å². The van der Waals surface area contributed by atoms with Gasteiger partial charge in [0.25, 0.3) is 0 Å². The van der Waals surface area contributed by atoms with Gasteiger partial charge in [0.05, 0.1) is 36.6 Å². The summed E-state index contributed by atoms with van der Waals surface area (Å²) in [4.78, 5) is 0. The largest absolute Gasteiger partial charge is 0.392 e. The van der Waals surface area contributed by atoms with Gasteiger partial charge in [-0.3, -0.25) is 0 Å². The van der Waals surface area contributed by atoms with Crippen molar-refractivity contribution < 1.29 is 19.7 Å².